The van der Waals surface area contributed by atoms with E-state index in [-0.39, 0.29) is 12.4 Å². The van der Waals surface area contributed by atoms with Gasteiger partial charge in [-0.25, -0.2) is 4.98 Å². The van der Waals surface area contributed by atoms with Gasteiger partial charge in [0.1, 0.15) is 0 Å². The van der Waals surface area contributed by atoms with E-state index in [0.717, 1.165) is 5.16 Å². The molecule has 2 nitrogen and oxygen atoms in total. The lowest BCUT2D eigenvalue weighted by Crippen LogP contribution is -1.79. The summed E-state index contributed by atoms with van der Waals surface area (Å²) in [5.41, 5.74) is 0. The SMILES string of the molecule is CCCCSc1ncc[nH]1.Cl. The van der Waals surface area contributed by atoms with Gasteiger partial charge in [0.05, 0.1) is 0 Å². The molecule has 0 radical (unpaired) electrons. The van der Waals surface area contributed by atoms with E-state index in [9.17, 15) is 0 Å². The van der Waals surface area contributed by atoms with Crippen molar-refractivity contribution in [3.05, 3.63) is 12.4 Å². The van der Waals surface area contributed by atoms with Gasteiger partial charge in [0, 0.05) is 18.1 Å². The minimum atomic E-state index is 0. The first-order valence-electron chi connectivity index (χ1n) is 3.55. The van der Waals surface area contributed by atoms with Gasteiger partial charge in [0.2, 0.25) is 0 Å². The molecule has 1 N–H and O–H groups in total. The van der Waals surface area contributed by atoms with Gasteiger partial charge in [-0.15, -0.1) is 12.4 Å². The van der Waals surface area contributed by atoms with Crippen molar-refractivity contribution < 1.29 is 0 Å². The van der Waals surface area contributed by atoms with Crippen LogP contribution >= 0.6 is 24.2 Å². The number of thioether (sulfide) groups is 1. The van der Waals surface area contributed by atoms with Crippen LogP contribution in [0, 0.1) is 0 Å². The molecule has 64 valence electrons. The summed E-state index contributed by atoms with van der Waals surface area (Å²) in [6.45, 7) is 2.20. The van der Waals surface area contributed by atoms with Gasteiger partial charge in [-0.3, -0.25) is 0 Å². The number of unbranched alkanes of at least 4 members (excludes halogenated alkanes) is 1. The summed E-state index contributed by atoms with van der Waals surface area (Å²) >= 11 is 1.78. The number of hydrogen-bond donors (Lipinski definition) is 1. The van der Waals surface area contributed by atoms with E-state index >= 15 is 0 Å². The van der Waals surface area contributed by atoms with Crippen LogP contribution in [-0.2, 0) is 0 Å². The zero-order chi connectivity index (χ0) is 7.23. The number of aromatic nitrogens is 2. The number of aromatic amines is 1. The molecule has 0 aliphatic rings. The lowest BCUT2D eigenvalue weighted by molar-refractivity contribution is 0.892. The molecular formula is C7H13ClN2S. The Hall–Kier alpha value is -0.150. The number of nitrogens with zero attached hydrogens (tertiary/aromatic N) is 1. The van der Waals surface area contributed by atoms with Crippen molar-refractivity contribution in [2.75, 3.05) is 5.75 Å². The van der Waals surface area contributed by atoms with Crippen molar-refractivity contribution in [1.82, 2.24) is 9.97 Å². The third-order valence-electron chi connectivity index (χ3n) is 1.21. The minimum Gasteiger partial charge on any atom is -0.340 e. The molecule has 4 heteroatoms. The van der Waals surface area contributed by atoms with E-state index in [1.165, 1.54) is 18.6 Å². The zero-order valence-electron chi connectivity index (χ0n) is 6.54. The van der Waals surface area contributed by atoms with Crippen molar-refractivity contribution in [3.63, 3.8) is 0 Å². The molecule has 11 heavy (non-hydrogen) atoms. The van der Waals surface area contributed by atoms with Gasteiger partial charge in [-0.1, -0.05) is 25.1 Å². The molecule has 1 rings (SSSR count). The van der Waals surface area contributed by atoms with Crippen LogP contribution in [0.3, 0.4) is 0 Å². The maximum Gasteiger partial charge on any atom is 0.165 e. The fourth-order valence-corrected chi connectivity index (χ4v) is 1.56. The topological polar surface area (TPSA) is 28.7 Å². The number of halogens is 1. The second-order valence-corrected chi connectivity index (χ2v) is 3.18. The summed E-state index contributed by atoms with van der Waals surface area (Å²) in [5, 5.41) is 1.04. The van der Waals surface area contributed by atoms with Crippen LogP contribution in [0.25, 0.3) is 0 Å². The smallest absolute Gasteiger partial charge is 0.165 e. The van der Waals surface area contributed by atoms with Crippen LogP contribution in [0.4, 0.5) is 0 Å². The molecule has 0 aliphatic carbocycles. The number of imidazole rings is 1. The van der Waals surface area contributed by atoms with Gasteiger partial charge in [-0.2, -0.15) is 0 Å². The molecule has 0 aromatic carbocycles. The summed E-state index contributed by atoms with van der Waals surface area (Å²) in [7, 11) is 0. The number of nitrogens with one attached hydrogen (secondary N) is 1. The van der Waals surface area contributed by atoms with Crippen LogP contribution in [0.1, 0.15) is 19.8 Å². The molecule has 0 saturated heterocycles. The summed E-state index contributed by atoms with van der Waals surface area (Å²) in [4.78, 5) is 7.14. The molecule has 0 spiro atoms. The van der Waals surface area contributed by atoms with Crippen molar-refractivity contribution in [3.8, 4) is 0 Å². The molecule has 0 amide bonds. The third-order valence-corrected chi connectivity index (χ3v) is 2.20. The van der Waals surface area contributed by atoms with E-state index in [0.29, 0.717) is 0 Å². The minimum absolute atomic E-state index is 0. The predicted octanol–water partition coefficient (Wildman–Crippen LogP) is 2.72. The van der Waals surface area contributed by atoms with E-state index in [1.54, 1.807) is 18.0 Å². The normalized spacial score (nSPS) is 9.18. The highest BCUT2D eigenvalue weighted by Gasteiger charge is 1.92. The van der Waals surface area contributed by atoms with E-state index in [1.807, 2.05) is 6.20 Å². The van der Waals surface area contributed by atoms with Crippen molar-refractivity contribution >= 4 is 24.2 Å². The van der Waals surface area contributed by atoms with Crippen molar-refractivity contribution in [2.45, 2.75) is 24.9 Å². The Morgan fingerprint density at radius 2 is 2.45 bits per heavy atom. The highest BCUT2D eigenvalue weighted by atomic mass is 35.5. The Morgan fingerprint density at radius 3 is 3.00 bits per heavy atom. The Kier molecular flexibility index (Phi) is 6.46. The van der Waals surface area contributed by atoms with E-state index in [4.69, 9.17) is 0 Å². The van der Waals surface area contributed by atoms with Gasteiger partial charge >= 0.3 is 0 Å². The Morgan fingerprint density at radius 1 is 1.64 bits per heavy atom. The average Bonchev–Trinajstić information content (AvgIpc) is 2.41. The molecule has 1 aromatic rings. The molecule has 1 aromatic heterocycles. The molecule has 0 fully saturated rings. The maximum absolute atomic E-state index is 4.10. The Bertz CT molecular complexity index is 165. The van der Waals surface area contributed by atoms with Crippen molar-refractivity contribution in [2.24, 2.45) is 0 Å². The van der Waals surface area contributed by atoms with Crippen LogP contribution in [-0.4, -0.2) is 15.7 Å². The Labute approximate surface area is 77.6 Å². The second-order valence-electron chi connectivity index (χ2n) is 2.10. The molecule has 0 unspecified atom stereocenters. The fraction of sp³-hybridized carbons (Fsp3) is 0.571. The first-order chi connectivity index (χ1) is 4.93. The predicted molar refractivity (Wildman–Crippen MR) is 51.5 cm³/mol. The summed E-state index contributed by atoms with van der Waals surface area (Å²) in [6, 6.07) is 0. The summed E-state index contributed by atoms with van der Waals surface area (Å²) < 4.78 is 0. The summed E-state index contributed by atoms with van der Waals surface area (Å²) in [6.07, 6.45) is 6.17. The van der Waals surface area contributed by atoms with Crippen molar-refractivity contribution in [1.29, 1.82) is 0 Å². The van der Waals surface area contributed by atoms with Crippen LogP contribution in [0.15, 0.2) is 17.6 Å². The van der Waals surface area contributed by atoms with Gasteiger partial charge in [0.25, 0.3) is 0 Å². The number of rotatable bonds is 4. The standard InChI is InChI=1S/C7H12N2S.ClH/c1-2-3-6-10-7-8-4-5-9-7;/h4-5H,2-3,6H2,1H3,(H,8,9);1H. The molecule has 0 bridgehead atoms. The third kappa shape index (κ3) is 4.32. The first kappa shape index (κ1) is 10.8. The van der Waals surface area contributed by atoms with Crippen LogP contribution < -0.4 is 0 Å². The Balaban J connectivity index is 0.000001000. The summed E-state index contributed by atoms with van der Waals surface area (Å²) in [5.74, 6) is 1.17. The average molecular weight is 193 g/mol. The number of hydrogen-bond acceptors (Lipinski definition) is 2. The monoisotopic (exact) mass is 192 g/mol. The quantitative estimate of drug-likeness (QED) is 0.587. The molecule has 1 heterocycles. The maximum atomic E-state index is 4.10. The zero-order valence-corrected chi connectivity index (χ0v) is 8.17. The highest BCUT2D eigenvalue weighted by Crippen LogP contribution is 2.12. The molecule has 0 atom stereocenters. The van der Waals surface area contributed by atoms with Gasteiger partial charge in [0.15, 0.2) is 5.16 Å². The lowest BCUT2D eigenvalue weighted by Gasteiger charge is -1.93. The van der Waals surface area contributed by atoms with Crippen LogP contribution in [0.2, 0.25) is 0 Å². The molecule has 0 saturated carbocycles. The largest absolute Gasteiger partial charge is 0.340 e. The molecular weight excluding hydrogens is 180 g/mol. The van der Waals surface area contributed by atoms with Crippen LogP contribution in [0.5, 0.6) is 0 Å². The van der Waals surface area contributed by atoms with Gasteiger partial charge < -0.3 is 4.98 Å². The second kappa shape index (κ2) is 6.55. The fourth-order valence-electron chi connectivity index (χ4n) is 0.643. The highest BCUT2D eigenvalue weighted by molar-refractivity contribution is 7.99. The molecule has 0 aliphatic heterocycles. The lowest BCUT2D eigenvalue weighted by atomic mass is 10.4. The van der Waals surface area contributed by atoms with E-state index < -0.39 is 0 Å². The van der Waals surface area contributed by atoms with E-state index in [2.05, 4.69) is 16.9 Å². The first-order valence-corrected chi connectivity index (χ1v) is 4.54. The number of H-pyrrole nitrogens is 1. The van der Waals surface area contributed by atoms with Gasteiger partial charge in [-0.05, 0) is 6.42 Å².